The van der Waals surface area contributed by atoms with Gasteiger partial charge in [-0.1, -0.05) is 29.8 Å². The van der Waals surface area contributed by atoms with E-state index in [2.05, 4.69) is 48.0 Å². The molecule has 0 unspecified atom stereocenters. The van der Waals surface area contributed by atoms with Crippen molar-refractivity contribution in [3.05, 3.63) is 35.4 Å². The summed E-state index contributed by atoms with van der Waals surface area (Å²) in [5.41, 5.74) is 2.66. The number of aryl methyl sites for hydroxylation is 1. The summed E-state index contributed by atoms with van der Waals surface area (Å²) in [5, 5.41) is 0. The Hall–Kier alpha value is -1.35. The molecular formula is C20H28N2O. The molecule has 1 amide bonds. The minimum atomic E-state index is 0.240. The summed E-state index contributed by atoms with van der Waals surface area (Å²) >= 11 is 0. The molecule has 3 nitrogen and oxygen atoms in total. The van der Waals surface area contributed by atoms with E-state index in [9.17, 15) is 4.79 Å². The van der Waals surface area contributed by atoms with Crippen molar-refractivity contribution in [3.8, 4) is 0 Å². The van der Waals surface area contributed by atoms with Crippen molar-refractivity contribution in [2.75, 3.05) is 20.1 Å². The molecule has 4 atom stereocenters. The highest BCUT2D eigenvalue weighted by molar-refractivity contribution is 5.83. The second kappa shape index (κ2) is 5.94. The molecule has 1 saturated carbocycles. The molecule has 1 aliphatic carbocycles. The average Bonchev–Trinajstić information content (AvgIpc) is 2.99. The van der Waals surface area contributed by atoms with E-state index >= 15 is 0 Å². The molecule has 23 heavy (non-hydrogen) atoms. The van der Waals surface area contributed by atoms with E-state index in [0.29, 0.717) is 23.9 Å². The number of benzene rings is 1. The molecule has 4 rings (SSSR count). The van der Waals surface area contributed by atoms with Crippen LogP contribution in [0.4, 0.5) is 0 Å². The second-order valence-corrected chi connectivity index (χ2v) is 7.79. The highest BCUT2D eigenvalue weighted by Crippen LogP contribution is 2.49. The molecule has 2 aliphatic heterocycles. The van der Waals surface area contributed by atoms with E-state index < -0.39 is 0 Å². The highest BCUT2D eigenvalue weighted by atomic mass is 16.2. The van der Waals surface area contributed by atoms with Crippen molar-refractivity contribution in [1.82, 2.24) is 9.80 Å². The topological polar surface area (TPSA) is 23.6 Å². The standard InChI is InChI=1S/C20H28N2O/c1-14-6-3-7-15(12-14)16-13-17(16)20(23)22-11-5-9-19(22)18-8-4-10-21(18)2/h3,6-7,12,16-19H,4-5,8-11,13H2,1-2H3/t16-,17-,18+,19-/m0/s1. The van der Waals surface area contributed by atoms with Gasteiger partial charge in [-0.25, -0.2) is 0 Å². The first-order valence-electron chi connectivity index (χ1n) is 9.22. The summed E-state index contributed by atoms with van der Waals surface area (Å²) in [6.45, 7) is 4.30. The fourth-order valence-corrected chi connectivity index (χ4v) is 4.84. The van der Waals surface area contributed by atoms with E-state index in [0.717, 1.165) is 13.0 Å². The van der Waals surface area contributed by atoms with Gasteiger partial charge in [-0.2, -0.15) is 0 Å². The van der Waals surface area contributed by atoms with Crippen LogP contribution in [0.15, 0.2) is 24.3 Å². The van der Waals surface area contributed by atoms with Crippen molar-refractivity contribution < 1.29 is 4.79 Å². The maximum Gasteiger partial charge on any atom is 0.226 e. The Kier molecular flexibility index (Phi) is 3.92. The number of rotatable bonds is 3. The van der Waals surface area contributed by atoms with Crippen LogP contribution in [0.1, 0.15) is 49.1 Å². The Morgan fingerprint density at radius 1 is 1.13 bits per heavy atom. The van der Waals surface area contributed by atoms with Gasteiger partial charge >= 0.3 is 0 Å². The van der Waals surface area contributed by atoms with E-state index in [4.69, 9.17) is 0 Å². The number of hydrogen-bond donors (Lipinski definition) is 0. The van der Waals surface area contributed by atoms with Crippen molar-refractivity contribution in [1.29, 1.82) is 0 Å². The lowest BCUT2D eigenvalue weighted by Crippen LogP contribution is -2.47. The number of nitrogens with zero attached hydrogens (tertiary/aromatic N) is 2. The zero-order valence-corrected chi connectivity index (χ0v) is 14.4. The molecule has 0 bridgehead atoms. The van der Waals surface area contributed by atoms with Gasteiger partial charge in [0.05, 0.1) is 0 Å². The second-order valence-electron chi connectivity index (χ2n) is 7.79. The first-order valence-corrected chi connectivity index (χ1v) is 9.22. The largest absolute Gasteiger partial charge is 0.338 e. The molecule has 1 aromatic carbocycles. The number of carbonyl (C=O) groups excluding carboxylic acids is 1. The smallest absolute Gasteiger partial charge is 0.226 e. The summed E-state index contributed by atoms with van der Waals surface area (Å²) in [7, 11) is 2.23. The van der Waals surface area contributed by atoms with Crippen LogP contribution in [-0.2, 0) is 4.79 Å². The molecule has 0 aromatic heterocycles. The van der Waals surface area contributed by atoms with Gasteiger partial charge in [0, 0.05) is 24.5 Å². The van der Waals surface area contributed by atoms with Gasteiger partial charge < -0.3 is 9.80 Å². The molecule has 2 saturated heterocycles. The molecule has 1 aromatic rings. The molecule has 0 N–H and O–H groups in total. The lowest BCUT2D eigenvalue weighted by molar-refractivity contribution is -0.134. The fourth-order valence-electron chi connectivity index (χ4n) is 4.84. The van der Waals surface area contributed by atoms with Crippen LogP contribution in [0.2, 0.25) is 0 Å². The number of likely N-dealkylation sites (N-methyl/N-ethyl adjacent to an activating group) is 1. The Morgan fingerprint density at radius 3 is 2.65 bits per heavy atom. The van der Waals surface area contributed by atoms with Crippen LogP contribution in [0.25, 0.3) is 0 Å². The fraction of sp³-hybridized carbons (Fsp3) is 0.650. The normalized spacial score (nSPS) is 34.1. The highest BCUT2D eigenvalue weighted by Gasteiger charge is 2.49. The number of carbonyl (C=O) groups is 1. The van der Waals surface area contributed by atoms with Crippen LogP contribution in [0.3, 0.4) is 0 Å². The van der Waals surface area contributed by atoms with Gasteiger partial charge in [0.25, 0.3) is 0 Å². The van der Waals surface area contributed by atoms with Crippen molar-refractivity contribution in [2.24, 2.45) is 5.92 Å². The average molecular weight is 312 g/mol. The third-order valence-corrected chi connectivity index (χ3v) is 6.18. The number of amides is 1. The molecule has 3 aliphatic rings. The van der Waals surface area contributed by atoms with Crippen molar-refractivity contribution >= 4 is 5.91 Å². The lowest BCUT2D eigenvalue weighted by Gasteiger charge is -2.33. The first-order chi connectivity index (χ1) is 11.1. The summed E-state index contributed by atoms with van der Waals surface area (Å²) in [4.78, 5) is 17.8. The van der Waals surface area contributed by atoms with Gasteiger partial charge in [-0.3, -0.25) is 4.79 Å². The SMILES string of the molecule is Cc1cccc([C@@H]2C[C@@H]2C(=O)N2CCC[C@H]2[C@H]2CCCN2C)c1. The first kappa shape index (κ1) is 15.2. The van der Waals surface area contributed by atoms with E-state index in [1.165, 1.54) is 43.4 Å². The molecular weight excluding hydrogens is 284 g/mol. The molecule has 2 heterocycles. The van der Waals surface area contributed by atoms with Crippen LogP contribution >= 0.6 is 0 Å². The predicted molar refractivity (Wildman–Crippen MR) is 92.4 cm³/mol. The lowest BCUT2D eigenvalue weighted by atomic mass is 10.0. The molecule has 0 radical (unpaired) electrons. The Labute approximate surface area is 139 Å². The van der Waals surface area contributed by atoms with Crippen molar-refractivity contribution in [3.63, 3.8) is 0 Å². The van der Waals surface area contributed by atoms with E-state index in [1.807, 2.05) is 0 Å². The monoisotopic (exact) mass is 312 g/mol. The Bertz CT molecular complexity index is 599. The Balaban J connectivity index is 1.45. The minimum Gasteiger partial charge on any atom is -0.338 e. The summed E-state index contributed by atoms with van der Waals surface area (Å²) in [5.74, 6) is 1.13. The summed E-state index contributed by atoms with van der Waals surface area (Å²) in [6.07, 6.45) is 5.98. The third kappa shape index (κ3) is 2.80. The number of hydrogen-bond acceptors (Lipinski definition) is 2. The van der Waals surface area contributed by atoms with E-state index in [-0.39, 0.29) is 5.92 Å². The van der Waals surface area contributed by atoms with Crippen LogP contribution in [0.5, 0.6) is 0 Å². The number of likely N-dealkylation sites (tertiary alicyclic amines) is 2. The summed E-state index contributed by atoms with van der Waals surface area (Å²) in [6, 6.07) is 9.76. The molecule has 3 fully saturated rings. The maximum absolute atomic E-state index is 13.1. The third-order valence-electron chi connectivity index (χ3n) is 6.18. The van der Waals surface area contributed by atoms with Gasteiger partial charge in [0.2, 0.25) is 5.91 Å². The zero-order chi connectivity index (χ0) is 16.0. The molecule has 124 valence electrons. The van der Waals surface area contributed by atoms with Crippen LogP contribution < -0.4 is 0 Å². The minimum absolute atomic E-state index is 0.240. The van der Waals surface area contributed by atoms with Gasteiger partial charge in [-0.05, 0) is 64.1 Å². The maximum atomic E-state index is 13.1. The zero-order valence-electron chi connectivity index (χ0n) is 14.4. The van der Waals surface area contributed by atoms with Gasteiger partial charge in [0.1, 0.15) is 0 Å². The predicted octanol–water partition coefficient (Wildman–Crippen LogP) is 3.18. The summed E-state index contributed by atoms with van der Waals surface area (Å²) < 4.78 is 0. The molecule has 0 spiro atoms. The van der Waals surface area contributed by atoms with Gasteiger partial charge in [0.15, 0.2) is 0 Å². The Morgan fingerprint density at radius 2 is 1.91 bits per heavy atom. The van der Waals surface area contributed by atoms with E-state index in [1.54, 1.807) is 0 Å². The van der Waals surface area contributed by atoms with Crippen LogP contribution in [-0.4, -0.2) is 47.9 Å². The van der Waals surface area contributed by atoms with Crippen molar-refractivity contribution in [2.45, 2.75) is 57.0 Å². The molecule has 3 heteroatoms. The van der Waals surface area contributed by atoms with Gasteiger partial charge in [-0.15, -0.1) is 0 Å². The quantitative estimate of drug-likeness (QED) is 0.856. The van der Waals surface area contributed by atoms with Crippen LogP contribution in [0, 0.1) is 12.8 Å².